The fourth-order valence-electron chi connectivity index (χ4n) is 2.47. The molecule has 120 valence electrons. The lowest BCUT2D eigenvalue weighted by molar-refractivity contribution is -0.153. The van der Waals surface area contributed by atoms with E-state index >= 15 is 0 Å². The topological polar surface area (TPSA) is 81.9 Å². The Morgan fingerprint density at radius 2 is 1.95 bits per heavy atom. The van der Waals surface area contributed by atoms with Gasteiger partial charge in [-0.05, 0) is 26.2 Å². The Bertz CT molecular complexity index is 394. The average Bonchev–Trinajstić information content (AvgIpc) is 2.47. The average molecular weight is 316 g/mol. The van der Waals surface area contributed by atoms with Crippen LogP contribution in [0, 0.1) is 5.41 Å². The molecule has 1 fully saturated rings. The highest BCUT2D eigenvalue weighted by atomic mass is 32.1. The maximum Gasteiger partial charge on any atom is 0.325 e. The summed E-state index contributed by atoms with van der Waals surface area (Å²) in [7, 11) is 0. The summed E-state index contributed by atoms with van der Waals surface area (Å²) in [4.78, 5) is 26.3. The van der Waals surface area contributed by atoms with Gasteiger partial charge in [0.2, 0.25) is 5.91 Å². The maximum absolute atomic E-state index is 12.9. The number of hydrogen-bond donors (Lipinski definition) is 1. The summed E-state index contributed by atoms with van der Waals surface area (Å²) < 4.78 is 10.2. The van der Waals surface area contributed by atoms with Gasteiger partial charge in [-0.15, -0.1) is 0 Å². The molecule has 7 heteroatoms. The molecule has 1 amide bonds. The van der Waals surface area contributed by atoms with E-state index in [1.54, 1.807) is 6.92 Å². The summed E-state index contributed by atoms with van der Waals surface area (Å²) in [6.45, 7) is 5.28. The smallest absolute Gasteiger partial charge is 0.325 e. The third-order valence-corrected chi connectivity index (χ3v) is 4.02. The summed E-state index contributed by atoms with van der Waals surface area (Å²) in [5.41, 5.74) is 4.95. The van der Waals surface area contributed by atoms with E-state index in [2.05, 4.69) is 0 Å². The van der Waals surface area contributed by atoms with Crippen LogP contribution >= 0.6 is 12.2 Å². The first-order valence-electron chi connectivity index (χ1n) is 7.30. The molecule has 2 N–H and O–H groups in total. The van der Waals surface area contributed by atoms with Gasteiger partial charge in [0.25, 0.3) is 0 Å². The minimum Gasteiger partial charge on any atom is -0.465 e. The summed E-state index contributed by atoms with van der Waals surface area (Å²) in [5.74, 6) is -0.599. The number of ether oxygens (including phenoxy) is 2. The van der Waals surface area contributed by atoms with Gasteiger partial charge < -0.3 is 20.1 Å². The Morgan fingerprint density at radius 3 is 2.43 bits per heavy atom. The van der Waals surface area contributed by atoms with Crippen molar-refractivity contribution in [2.75, 3.05) is 32.9 Å². The first-order chi connectivity index (χ1) is 9.97. The quantitative estimate of drug-likeness (QED) is 0.554. The molecule has 0 aromatic rings. The van der Waals surface area contributed by atoms with E-state index in [0.29, 0.717) is 39.2 Å². The molecule has 0 aromatic heterocycles. The van der Waals surface area contributed by atoms with Gasteiger partial charge in [0.1, 0.15) is 12.0 Å². The molecule has 0 radical (unpaired) electrons. The molecule has 0 aromatic carbocycles. The van der Waals surface area contributed by atoms with Crippen LogP contribution in [-0.2, 0) is 19.1 Å². The van der Waals surface area contributed by atoms with Crippen LogP contribution < -0.4 is 5.73 Å². The van der Waals surface area contributed by atoms with Crippen molar-refractivity contribution in [3.05, 3.63) is 0 Å². The van der Waals surface area contributed by atoms with Crippen LogP contribution in [0.25, 0.3) is 0 Å². The highest BCUT2D eigenvalue weighted by Gasteiger charge is 2.45. The van der Waals surface area contributed by atoms with Crippen LogP contribution in [0.5, 0.6) is 0 Å². The molecule has 1 aliphatic rings. The Labute approximate surface area is 130 Å². The molecule has 0 spiro atoms. The van der Waals surface area contributed by atoms with E-state index in [0.717, 1.165) is 6.42 Å². The fourth-order valence-corrected chi connectivity index (χ4v) is 2.76. The Kier molecular flexibility index (Phi) is 7.04. The predicted molar refractivity (Wildman–Crippen MR) is 82.8 cm³/mol. The molecule has 21 heavy (non-hydrogen) atoms. The van der Waals surface area contributed by atoms with Crippen molar-refractivity contribution in [3.63, 3.8) is 0 Å². The summed E-state index contributed by atoms with van der Waals surface area (Å²) >= 11 is 5.13. The summed E-state index contributed by atoms with van der Waals surface area (Å²) in [6.07, 6.45) is 1.67. The Balaban J connectivity index is 2.90. The molecular weight excluding hydrogens is 292 g/mol. The molecule has 0 saturated carbocycles. The van der Waals surface area contributed by atoms with Crippen LogP contribution in [0.3, 0.4) is 0 Å². The molecule has 1 aliphatic heterocycles. The Morgan fingerprint density at radius 1 is 1.33 bits per heavy atom. The lowest BCUT2D eigenvalue weighted by Gasteiger charge is -2.38. The first kappa shape index (κ1) is 17.8. The molecule has 0 bridgehead atoms. The van der Waals surface area contributed by atoms with Crippen LogP contribution in [0.15, 0.2) is 0 Å². The molecule has 1 saturated heterocycles. The van der Waals surface area contributed by atoms with Gasteiger partial charge >= 0.3 is 5.97 Å². The number of carbonyl (C=O) groups excluding carboxylic acids is 2. The highest BCUT2D eigenvalue weighted by molar-refractivity contribution is 7.80. The number of rotatable bonds is 7. The number of esters is 1. The van der Waals surface area contributed by atoms with E-state index in [-0.39, 0.29) is 17.4 Å². The van der Waals surface area contributed by atoms with Gasteiger partial charge in [0.15, 0.2) is 0 Å². The molecular formula is C14H24N2O4S. The minimum atomic E-state index is -0.894. The summed E-state index contributed by atoms with van der Waals surface area (Å²) in [5, 5.41) is 0. The van der Waals surface area contributed by atoms with Crippen molar-refractivity contribution in [1.82, 2.24) is 4.90 Å². The lowest BCUT2D eigenvalue weighted by Crippen LogP contribution is -2.54. The number of hydrogen-bond acceptors (Lipinski definition) is 5. The Hall–Kier alpha value is -1.21. The zero-order chi connectivity index (χ0) is 15.9. The third kappa shape index (κ3) is 4.38. The summed E-state index contributed by atoms with van der Waals surface area (Å²) in [6, 6.07) is 0. The fraction of sp³-hybridized carbons (Fsp3) is 0.786. The zero-order valence-electron chi connectivity index (χ0n) is 12.7. The van der Waals surface area contributed by atoms with Crippen molar-refractivity contribution in [2.45, 2.75) is 33.1 Å². The number of carbonyl (C=O) groups is 2. The third-order valence-electron chi connectivity index (χ3n) is 3.63. The number of thiocarbonyl (C=S) groups is 1. The van der Waals surface area contributed by atoms with Crippen molar-refractivity contribution in [2.24, 2.45) is 11.1 Å². The largest absolute Gasteiger partial charge is 0.465 e. The van der Waals surface area contributed by atoms with Gasteiger partial charge in [-0.25, -0.2) is 0 Å². The standard InChI is InChI=1S/C14H24N2O4S/c1-3-7-16(10-11(17)20-4-2)13(18)14(12(15)21)5-8-19-9-6-14/h3-10H2,1-2H3,(H2,15,21). The SMILES string of the molecule is CCCN(CC(=O)OCC)C(=O)C1(C(N)=S)CCOCC1. The number of amides is 1. The first-order valence-corrected chi connectivity index (χ1v) is 7.71. The number of nitrogens with zero attached hydrogens (tertiary/aromatic N) is 1. The second-order valence-electron chi connectivity index (χ2n) is 5.09. The van der Waals surface area contributed by atoms with Crippen molar-refractivity contribution in [3.8, 4) is 0 Å². The second kappa shape index (κ2) is 8.29. The van der Waals surface area contributed by atoms with E-state index in [9.17, 15) is 9.59 Å². The van der Waals surface area contributed by atoms with E-state index in [1.807, 2.05) is 6.92 Å². The van der Waals surface area contributed by atoms with Crippen molar-refractivity contribution >= 4 is 29.1 Å². The molecule has 0 unspecified atom stereocenters. The molecule has 0 atom stereocenters. The van der Waals surface area contributed by atoms with Crippen molar-refractivity contribution < 1.29 is 19.1 Å². The molecule has 1 rings (SSSR count). The second-order valence-corrected chi connectivity index (χ2v) is 5.53. The van der Waals surface area contributed by atoms with E-state index < -0.39 is 11.4 Å². The van der Waals surface area contributed by atoms with Crippen LogP contribution in [0.1, 0.15) is 33.1 Å². The normalized spacial score (nSPS) is 17.0. The van der Waals surface area contributed by atoms with Crippen LogP contribution in [-0.4, -0.2) is 54.7 Å². The van der Waals surface area contributed by atoms with E-state index in [1.165, 1.54) is 4.90 Å². The monoisotopic (exact) mass is 316 g/mol. The minimum absolute atomic E-state index is 0.0638. The lowest BCUT2D eigenvalue weighted by atomic mass is 9.78. The van der Waals surface area contributed by atoms with Crippen molar-refractivity contribution in [1.29, 1.82) is 0 Å². The predicted octanol–water partition coefficient (Wildman–Crippen LogP) is 0.871. The van der Waals surface area contributed by atoms with Gasteiger partial charge in [-0.2, -0.15) is 0 Å². The molecule has 0 aliphatic carbocycles. The molecule has 1 heterocycles. The highest BCUT2D eigenvalue weighted by Crippen LogP contribution is 2.33. The van der Waals surface area contributed by atoms with Gasteiger partial charge in [0, 0.05) is 19.8 Å². The van der Waals surface area contributed by atoms with Gasteiger partial charge in [-0.3, -0.25) is 9.59 Å². The molecule has 6 nitrogen and oxygen atoms in total. The van der Waals surface area contributed by atoms with Gasteiger partial charge in [0.05, 0.1) is 11.6 Å². The zero-order valence-corrected chi connectivity index (χ0v) is 13.5. The van der Waals surface area contributed by atoms with Gasteiger partial charge in [-0.1, -0.05) is 19.1 Å². The van der Waals surface area contributed by atoms with Crippen LogP contribution in [0.2, 0.25) is 0 Å². The van der Waals surface area contributed by atoms with Crippen LogP contribution in [0.4, 0.5) is 0 Å². The van der Waals surface area contributed by atoms with E-state index in [4.69, 9.17) is 27.4 Å². The maximum atomic E-state index is 12.9. The number of nitrogens with two attached hydrogens (primary N) is 1.